The van der Waals surface area contributed by atoms with Gasteiger partial charge in [-0.3, -0.25) is 9.78 Å². The summed E-state index contributed by atoms with van der Waals surface area (Å²) in [5, 5.41) is 10.6. The number of hydrogen-bond donors (Lipinski definition) is 1. The van der Waals surface area contributed by atoms with Gasteiger partial charge in [0.2, 0.25) is 17.7 Å². The van der Waals surface area contributed by atoms with Crippen molar-refractivity contribution in [2.75, 3.05) is 6.61 Å². The second-order valence-electron chi connectivity index (χ2n) is 4.93. The fraction of sp³-hybridized carbons (Fsp3) is 0.176. The standard InChI is InChI=1S/C17H16N4O3/c22-15(8-11-23-14-4-2-1-3-5-14)19-12-16-20-21-17(24-16)13-6-9-18-10-7-13/h1-7,9-10H,8,11-12H2,(H,19,22). The number of carbonyl (C=O) groups is 1. The van der Waals surface area contributed by atoms with Crippen molar-refractivity contribution in [3.05, 3.63) is 60.7 Å². The van der Waals surface area contributed by atoms with Crippen molar-refractivity contribution in [3.8, 4) is 17.2 Å². The topological polar surface area (TPSA) is 90.1 Å². The van der Waals surface area contributed by atoms with Gasteiger partial charge in [-0.2, -0.15) is 0 Å². The van der Waals surface area contributed by atoms with Gasteiger partial charge in [0, 0.05) is 18.0 Å². The third-order valence-corrected chi connectivity index (χ3v) is 3.17. The van der Waals surface area contributed by atoms with E-state index in [0.717, 1.165) is 11.3 Å². The van der Waals surface area contributed by atoms with E-state index in [0.29, 0.717) is 18.4 Å². The molecule has 2 aromatic heterocycles. The predicted octanol–water partition coefficient (Wildman–Crippen LogP) is 2.22. The van der Waals surface area contributed by atoms with Crippen LogP contribution in [0.3, 0.4) is 0 Å². The third kappa shape index (κ3) is 4.39. The highest BCUT2D eigenvalue weighted by Gasteiger charge is 2.09. The van der Waals surface area contributed by atoms with Crippen LogP contribution in [0, 0.1) is 0 Å². The molecule has 0 unspecified atom stereocenters. The minimum absolute atomic E-state index is 0.144. The van der Waals surface area contributed by atoms with E-state index in [1.165, 1.54) is 0 Å². The van der Waals surface area contributed by atoms with Gasteiger partial charge in [-0.05, 0) is 24.3 Å². The number of para-hydroxylation sites is 1. The summed E-state index contributed by atoms with van der Waals surface area (Å²) >= 11 is 0. The van der Waals surface area contributed by atoms with Crippen molar-refractivity contribution in [1.82, 2.24) is 20.5 Å². The Morgan fingerprint density at radius 3 is 2.67 bits per heavy atom. The molecule has 0 aliphatic carbocycles. The zero-order valence-corrected chi connectivity index (χ0v) is 12.9. The number of aromatic nitrogens is 3. The quantitative estimate of drug-likeness (QED) is 0.716. The van der Waals surface area contributed by atoms with Gasteiger partial charge in [-0.25, -0.2) is 0 Å². The highest BCUT2D eigenvalue weighted by atomic mass is 16.5. The van der Waals surface area contributed by atoms with E-state index >= 15 is 0 Å². The minimum Gasteiger partial charge on any atom is -0.493 e. The largest absolute Gasteiger partial charge is 0.493 e. The van der Waals surface area contributed by atoms with E-state index in [2.05, 4.69) is 20.5 Å². The number of hydrogen-bond acceptors (Lipinski definition) is 6. The van der Waals surface area contributed by atoms with Crippen molar-refractivity contribution in [1.29, 1.82) is 0 Å². The lowest BCUT2D eigenvalue weighted by Crippen LogP contribution is -2.24. The molecule has 0 fully saturated rings. The summed E-state index contributed by atoms with van der Waals surface area (Å²) < 4.78 is 11.0. The van der Waals surface area contributed by atoms with Gasteiger partial charge >= 0.3 is 0 Å². The van der Waals surface area contributed by atoms with E-state index in [4.69, 9.17) is 9.15 Å². The molecule has 0 aliphatic rings. The molecule has 3 aromatic rings. The fourth-order valence-electron chi connectivity index (χ4n) is 1.98. The Bertz CT molecular complexity index is 775. The first-order valence-electron chi connectivity index (χ1n) is 7.48. The van der Waals surface area contributed by atoms with Gasteiger partial charge in [0.05, 0.1) is 19.6 Å². The summed E-state index contributed by atoms with van der Waals surface area (Å²) in [7, 11) is 0. The predicted molar refractivity (Wildman–Crippen MR) is 85.9 cm³/mol. The van der Waals surface area contributed by atoms with Crippen molar-refractivity contribution < 1.29 is 13.9 Å². The molecule has 0 radical (unpaired) electrons. The zero-order valence-electron chi connectivity index (χ0n) is 12.9. The lowest BCUT2D eigenvalue weighted by atomic mass is 10.3. The maximum Gasteiger partial charge on any atom is 0.247 e. The molecule has 7 nitrogen and oxygen atoms in total. The van der Waals surface area contributed by atoms with Crippen molar-refractivity contribution in [2.45, 2.75) is 13.0 Å². The number of amides is 1. The van der Waals surface area contributed by atoms with Crippen LogP contribution in [0.1, 0.15) is 12.3 Å². The van der Waals surface area contributed by atoms with Gasteiger partial charge in [0.1, 0.15) is 5.75 Å². The first kappa shape index (κ1) is 15.7. The Hall–Kier alpha value is -3.22. The number of carbonyl (C=O) groups excluding carboxylic acids is 1. The van der Waals surface area contributed by atoms with Crippen molar-refractivity contribution in [2.24, 2.45) is 0 Å². The van der Waals surface area contributed by atoms with E-state index < -0.39 is 0 Å². The number of pyridine rings is 1. The van der Waals surface area contributed by atoms with Crippen molar-refractivity contribution >= 4 is 5.91 Å². The normalized spacial score (nSPS) is 10.3. The molecule has 2 heterocycles. The molecule has 1 aromatic carbocycles. The fourth-order valence-corrected chi connectivity index (χ4v) is 1.98. The molecular formula is C17H16N4O3. The molecule has 24 heavy (non-hydrogen) atoms. The summed E-state index contributed by atoms with van der Waals surface area (Å²) in [6.07, 6.45) is 3.54. The van der Waals surface area contributed by atoms with E-state index in [9.17, 15) is 4.79 Å². The maximum atomic E-state index is 11.8. The van der Waals surface area contributed by atoms with E-state index in [-0.39, 0.29) is 18.9 Å². The minimum atomic E-state index is -0.144. The molecule has 0 bridgehead atoms. The van der Waals surface area contributed by atoms with Crippen LogP contribution in [0.4, 0.5) is 0 Å². The summed E-state index contributed by atoms with van der Waals surface area (Å²) in [4.78, 5) is 15.7. The molecular weight excluding hydrogens is 308 g/mol. The SMILES string of the molecule is O=C(CCOc1ccccc1)NCc1nnc(-c2ccncc2)o1. The summed E-state index contributed by atoms with van der Waals surface area (Å²) in [5.74, 6) is 1.34. The number of rotatable bonds is 7. The Morgan fingerprint density at radius 2 is 1.88 bits per heavy atom. The number of nitrogens with zero attached hydrogens (tertiary/aromatic N) is 3. The number of benzene rings is 1. The first-order chi connectivity index (χ1) is 11.8. The maximum absolute atomic E-state index is 11.8. The van der Waals surface area contributed by atoms with Gasteiger partial charge < -0.3 is 14.5 Å². The molecule has 0 spiro atoms. The summed E-state index contributed by atoms with van der Waals surface area (Å²) in [6.45, 7) is 0.490. The Labute approximate surface area is 138 Å². The summed E-state index contributed by atoms with van der Waals surface area (Å²) in [6, 6.07) is 12.9. The molecule has 0 aliphatic heterocycles. The van der Waals surface area contributed by atoms with Crippen LogP contribution in [-0.4, -0.2) is 27.7 Å². The van der Waals surface area contributed by atoms with Crippen LogP contribution in [-0.2, 0) is 11.3 Å². The van der Waals surface area contributed by atoms with E-state index in [1.54, 1.807) is 24.5 Å². The lowest BCUT2D eigenvalue weighted by molar-refractivity contribution is -0.121. The Kier molecular flexibility index (Phi) is 5.14. The molecule has 1 amide bonds. The number of ether oxygens (including phenoxy) is 1. The monoisotopic (exact) mass is 324 g/mol. The van der Waals surface area contributed by atoms with Crippen LogP contribution < -0.4 is 10.1 Å². The molecule has 0 saturated heterocycles. The van der Waals surface area contributed by atoms with Crippen LogP contribution in [0.2, 0.25) is 0 Å². The Morgan fingerprint density at radius 1 is 1.08 bits per heavy atom. The number of nitrogens with one attached hydrogen (secondary N) is 1. The lowest BCUT2D eigenvalue weighted by Gasteiger charge is -2.05. The molecule has 0 saturated carbocycles. The van der Waals surface area contributed by atoms with Crippen LogP contribution in [0.5, 0.6) is 5.75 Å². The van der Waals surface area contributed by atoms with Crippen molar-refractivity contribution in [3.63, 3.8) is 0 Å². The average molecular weight is 324 g/mol. The zero-order chi connectivity index (χ0) is 16.6. The second-order valence-corrected chi connectivity index (χ2v) is 4.93. The van der Waals surface area contributed by atoms with Crippen LogP contribution in [0.15, 0.2) is 59.3 Å². The molecule has 3 rings (SSSR count). The second kappa shape index (κ2) is 7.87. The Balaban J connectivity index is 1.42. The van der Waals surface area contributed by atoms with Gasteiger partial charge in [-0.1, -0.05) is 18.2 Å². The van der Waals surface area contributed by atoms with Gasteiger partial charge in [0.25, 0.3) is 0 Å². The smallest absolute Gasteiger partial charge is 0.247 e. The van der Waals surface area contributed by atoms with Crippen LogP contribution >= 0.6 is 0 Å². The molecule has 0 atom stereocenters. The molecule has 7 heteroatoms. The summed E-state index contributed by atoms with van der Waals surface area (Å²) in [5.41, 5.74) is 0.784. The van der Waals surface area contributed by atoms with E-state index in [1.807, 2.05) is 30.3 Å². The van der Waals surface area contributed by atoms with Gasteiger partial charge in [0.15, 0.2) is 0 Å². The molecule has 1 N–H and O–H groups in total. The highest BCUT2D eigenvalue weighted by Crippen LogP contribution is 2.16. The first-order valence-corrected chi connectivity index (χ1v) is 7.48. The van der Waals surface area contributed by atoms with Gasteiger partial charge in [-0.15, -0.1) is 10.2 Å². The third-order valence-electron chi connectivity index (χ3n) is 3.17. The van der Waals surface area contributed by atoms with Crippen LogP contribution in [0.25, 0.3) is 11.5 Å². The molecule has 122 valence electrons. The average Bonchev–Trinajstić information content (AvgIpc) is 3.11. The highest BCUT2D eigenvalue weighted by molar-refractivity contribution is 5.75.